The van der Waals surface area contributed by atoms with Crippen molar-refractivity contribution in [1.29, 1.82) is 0 Å². The Bertz CT molecular complexity index is 932. The number of thiophene rings is 1. The van der Waals surface area contributed by atoms with Gasteiger partial charge >= 0.3 is 0 Å². The average Bonchev–Trinajstić information content (AvgIpc) is 2.83. The number of carbonyl (C=O) groups is 2. The topological polar surface area (TPSA) is 58.2 Å². The van der Waals surface area contributed by atoms with Gasteiger partial charge in [0.2, 0.25) is 5.91 Å². The molecule has 0 atom stereocenters. The Hall–Kier alpha value is -1.41. The summed E-state index contributed by atoms with van der Waals surface area (Å²) in [6, 6.07) is 8.04. The molecule has 1 aliphatic carbocycles. The predicted molar refractivity (Wildman–Crippen MR) is 124 cm³/mol. The van der Waals surface area contributed by atoms with Crippen LogP contribution in [-0.4, -0.2) is 11.8 Å². The van der Waals surface area contributed by atoms with E-state index in [9.17, 15) is 9.59 Å². The van der Waals surface area contributed by atoms with Gasteiger partial charge in [0, 0.05) is 20.9 Å². The highest BCUT2D eigenvalue weighted by Gasteiger charge is 2.68. The lowest BCUT2D eigenvalue weighted by atomic mass is 10.0. The zero-order chi connectivity index (χ0) is 20.9. The number of nitrogens with one attached hydrogen (secondary N) is 2. The number of aryl methyl sites for hydroxylation is 1. The molecular weight excluding hydrogens is 483 g/mol. The number of carbonyl (C=O) groups excluding carboxylic acids is 2. The van der Waals surface area contributed by atoms with Gasteiger partial charge in [0.1, 0.15) is 5.00 Å². The Kier molecular flexibility index (Phi) is 5.66. The van der Waals surface area contributed by atoms with E-state index in [0.29, 0.717) is 17.1 Å². The molecule has 1 aliphatic rings. The molecule has 4 nitrogen and oxygen atoms in total. The fourth-order valence-electron chi connectivity index (χ4n) is 3.94. The van der Waals surface area contributed by atoms with Crippen LogP contribution < -0.4 is 10.6 Å². The summed E-state index contributed by atoms with van der Waals surface area (Å²) in [4.78, 5) is 26.8. The summed E-state index contributed by atoms with van der Waals surface area (Å²) in [7, 11) is 0. The minimum absolute atomic E-state index is 0.00270. The normalized spacial score (nSPS) is 17.2. The zero-order valence-electron chi connectivity index (χ0n) is 17.2. The van der Waals surface area contributed by atoms with Crippen molar-refractivity contribution in [2.45, 2.75) is 48.1 Å². The molecule has 2 N–H and O–H groups in total. The average molecular weight is 510 g/mol. The molecule has 1 aromatic heterocycles. The first-order valence-electron chi connectivity index (χ1n) is 9.40. The maximum atomic E-state index is 12.9. The second-order valence-corrected chi connectivity index (χ2v) is 11.1. The molecule has 1 aromatic carbocycles. The second-order valence-electron chi connectivity index (χ2n) is 8.67. The van der Waals surface area contributed by atoms with Crippen LogP contribution in [-0.2, 0) is 11.3 Å². The Labute approximate surface area is 184 Å². The van der Waals surface area contributed by atoms with Crippen LogP contribution in [0.25, 0.3) is 0 Å². The maximum Gasteiger partial charge on any atom is 0.254 e. The van der Waals surface area contributed by atoms with Crippen LogP contribution in [0, 0.1) is 34.2 Å². The van der Waals surface area contributed by atoms with Crippen molar-refractivity contribution in [3.05, 3.63) is 49.4 Å². The van der Waals surface area contributed by atoms with Gasteiger partial charge in [-0.3, -0.25) is 9.59 Å². The van der Waals surface area contributed by atoms with Gasteiger partial charge in [-0.2, -0.15) is 0 Å². The Morgan fingerprint density at radius 2 is 1.79 bits per heavy atom. The molecule has 0 saturated heterocycles. The van der Waals surface area contributed by atoms with Gasteiger partial charge in [-0.15, -0.1) is 11.3 Å². The molecule has 1 saturated carbocycles. The van der Waals surface area contributed by atoms with Crippen molar-refractivity contribution in [2.24, 2.45) is 16.7 Å². The van der Waals surface area contributed by atoms with E-state index in [1.54, 1.807) is 0 Å². The van der Waals surface area contributed by atoms with E-state index in [-0.39, 0.29) is 28.6 Å². The standard InChI is InChI=1S/C22H27IN2O2S/c1-12-13(2)28-20(25-19(27)17-21(3,4)22(17,5)6)16(12)18(26)24-11-14-8-7-9-15(23)10-14/h7-10,17H,11H2,1-6H3,(H,24,26)(H,25,27). The summed E-state index contributed by atoms with van der Waals surface area (Å²) in [6.45, 7) is 12.9. The molecule has 0 aliphatic heterocycles. The minimum atomic E-state index is -0.148. The summed E-state index contributed by atoms with van der Waals surface area (Å²) < 4.78 is 1.13. The van der Waals surface area contributed by atoms with Gasteiger partial charge in [0.05, 0.1) is 5.56 Å². The number of rotatable bonds is 5. The van der Waals surface area contributed by atoms with Gasteiger partial charge in [-0.25, -0.2) is 0 Å². The predicted octanol–water partition coefficient (Wildman–Crippen LogP) is 5.52. The van der Waals surface area contributed by atoms with Crippen LogP contribution in [0.15, 0.2) is 24.3 Å². The maximum absolute atomic E-state index is 12.9. The molecule has 1 heterocycles. The molecule has 0 bridgehead atoms. The molecule has 0 radical (unpaired) electrons. The zero-order valence-corrected chi connectivity index (χ0v) is 20.2. The summed E-state index contributed by atoms with van der Waals surface area (Å²) in [6.07, 6.45) is 0. The van der Waals surface area contributed by atoms with Gasteiger partial charge in [0.15, 0.2) is 0 Å². The Morgan fingerprint density at radius 3 is 2.36 bits per heavy atom. The van der Waals surface area contributed by atoms with Crippen LogP contribution in [0.4, 0.5) is 5.00 Å². The third kappa shape index (κ3) is 3.73. The van der Waals surface area contributed by atoms with Crippen molar-refractivity contribution >= 4 is 50.7 Å². The highest BCUT2D eigenvalue weighted by atomic mass is 127. The van der Waals surface area contributed by atoms with Crippen LogP contribution in [0.5, 0.6) is 0 Å². The SMILES string of the molecule is Cc1sc(NC(=O)C2C(C)(C)C2(C)C)c(C(=O)NCc2cccc(I)c2)c1C. The first-order valence-corrected chi connectivity index (χ1v) is 11.3. The summed E-state index contributed by atoms with van der Waals surface area (Å²) >= 11 is 3.73. The van der Waals surface area contributed by atoms with Gasteiger partial charge in [-0.05, 0) is 70.5 Å². The minimum Gasteiger partial charge on any atom is -0.348 e. The smallest absolute Gasteiger partial charge is 0.254 e. The lowest BCUT2D eigenvalue weighted by Crippen LogP contribution is -2.25. The van der Waals surface area contributed by atoms with Crippen LogP contribution in [0.3, 0.4) is 0 Å². The van der Waals surface area contributed by atoms with E-state index in [1.807, 2.05) is 38.1 Å². The number of hydrogen-bond acceptors (Lipinski definition) is 3. The van der Waals surface area contributed by atoms with Crippen LogP contribution >= 0.6 is 33.9 Å². The molecule has 2 aromatic rings. The summed E-state index contributed by atoms with van der Waals surface area (Å²) in [5.74, 6) is -0.196. The summed E-state index contributed by atoms with van der Waals surface area (Å²) in [5, 5.41) is 6.70. The molecule has 6 heteroatoms. The first kappa shape index (κ1) is 21.3. The van der Waals surface area contributed by atoms with Crippen molar-refractivity contribution in [1.82, 2.24) is 5.32 Å². The third-order valence-electron chi connectivity index (χ3n) is 6.47. The molecule has 0 spiro atoms. The molecule has 28 heavy (non-hydrogen) atoms. The summed E-state index contributed by atoms with van der Waals surface area (Å²) in [5.41, 5.74) is 2.49. The van der Waals surface area contributed by atoms with Crippen LogP contribution in [0.1, 0.15) is 54.1 Å². The molecule has 150 valence electrons. The monoisotopic (exact) mass is 510 g/mol. The van der Waals surface area contributed by atoms with E-state index in [2.05, 4.69) is 60.9 Å². The molecular formula is C22H27IN2O2S. The van der Waals surface area contributed by atoms with Crippen LogP contribution in [0.2, 0.25) is 0 Å². The second kappa shape index (κ2) is 7.44. The lowest BCUT2D eigenvalue weighted by molar-refractivity contribution is -0.118. The van der Waals surface area contributed by atoms with E-state index in [0.717, 1.165) is 19.6 Å². The number of anilines is 1. The largest absolute Gasteiger partial charge is 0.348 e. The highest BCUT2D eigenvalue weighted by Crippen LogP contribution is 2.68. The van der Waals surface area contributed by atoms with E-state index < -0.39 is 0 Å². The van der Waals surface area contributed by atoms with Gasteiger partial charge in [0.25, 0.3) is 5.91 Å². The van der Waals surface area contributed by atoms with Crippen molar-refractivity contribution in [3.63, 3.8) is 0 Å². The van der Waals surface area contributed by atoms with E-state index in [4.69, 9.17) is 0 Å². The fourth-order valence-corrected chi connectivity index (χ4v) is 5.61. The van der Waals surface area contributed by atoms with Crippen molar-refractivity contribution in [2.75, 3.05) is 5.32 Å². The molecule has 3 rings (SSSR count). The molecule has 1 fully saturated rings. The first-order chi connectivity index (χ1) is 13.0. The fraction of sp³-hybridized carbons (Fsp3) is 0.455. The van der Waals surface area contributed by atoms with Gasteiger partial charge < -0.3 is 10.6 Å². The molecule has 0 unspecified atom stereocenters. The van der Waals surface area contributed by atoms with E-state index in [1.165, 1.54) is 11.3 Å². The van der Waals surface area contributed by atoms with E-state index >= 15 is 0 Å². The van der Waals surface area contributed by atoms with Gasteiger partial charge in [-0.1, -0.05) is 39.8 Å². The van der Waals surface area contributed by atoms with Crippen molar-refractivity contribution in [3.8, 4) is 0 Å². The Balaban J connectivity index is 1.77. The number of amides is 2. The number of halogens is 1. The highest BCUT2D eigenvalue weighted by molar-refractivity contribution is 14.1. The lowest BCUT2D eigenvalue weighted by Gasteiger charge is -2.10. The molecule has 2 amide bonds. The van der Waals surface area contributed by atoms with Crippen molar-refractivity contribution < 1.29 is 9.59 Å². The number of benzene rings is 1. The number of hydrogen-bond donors (Lipinski definition) is 2. The quantitative estimate of drug-likeness (QED) is 0.521. The Morgan fingerprint density at radius 1 is 1.14 bits per heavy atom. The third-order valence-corrected chi connectivity index (χ3v) is 8.27.